The molecule has 2 N–H and O–H groups in total. The van der Waals surface area contributed by atoms with Crippen LogP contribution in [0.15, 0.2) is 90.0 Å². The summed E-state index contributed by atoms with van der Waals surface area (Å²) in [4.78, 5) is 20.1. The number of rotatable bonds is 6. The summed E-state index contributed by atoms with van der Waals surface area (Å²) in [6.45, 7) is 0.535. The molecule has 5 rings (SSSR count). The predicted molar refractivity (Wildman–Crippen MR) is 140 cm³/mol. The Labute approximate surface area is 221 Å². The largest absolute Gasteiger partial charge is 0.573 e. The minimum atomic E-state index is -4.81. The van der Waals surface area contributed by atoms with Gasteiger partial charge in [0.25, 0.3) is 5.91 Å². The summed E-state index contributed by atoms with van der Waals surface area (Å²) in [7, 11) is 0. The first-order valence-corrected chi connectivity index (χ1v) is 12.8. The molecule has 0 aliphatic carbocycles. The van der Waals surface area contributed by atoms with Crippen LogP contribution in [0, 0.1) is 0 Å². The number of para-hydroxylation sites is 1. The number of pyridine rings is 1. The molecule has 0 radical (unpaired) electrons. The molecule has 1 amide bonds. The maximum atomic E-state index is 13.1. The third-order valence-corrected chi connectivity index (χ3v) is 7.38. The molecule has 196 valence electrons. The van der Waals surface area contributed by atoms with E-state index in [1.54, 1.807) is 29.3 Å². The van der Waals surface area contributed by atoms with Crippen LogP contribution in [-0.4, -0.2) is 40.3 Å². The number of halogens is 3. The van der Waals surface area contributed by atoms with Crippen molar-refractivity contribution >= 4 is 34.4 Å². The fourth-order valence-electron chi connectivity index (χ4n) is 4.49. The maximum absolute atomic E-state index is 13.1. The van der Waals surface area contributed by atoms with Gasteiger partial charge in [-0.1, -0.05) is 30.3 Å². The number of hydrogen-bond donors (Lipinski definition) is 2. The lowest BCUT2D eigenvalue weighted by Crippen LogP contribution is -2.45. The molecule has 0 unspecified atom stereocenters. The second kappa shape index (κ2) is 10.5. The van der Waals surface area contributed by atoms with Crippen LogP contribution in [-0.2, 0) is 5.60 Å². The molecule has 0 saturated carbocycles. The van der Waals surface area contributed by atoms with Crippen molar-refractivity contribution in [3.8, 4) is 5.75 Å². The molecule has 6 nitrogen and oxygen atoms in total. The number of fused-ring (bicyclic) bond motifs is 1. The van der Waals surface area contributed by atoms with Crippen molar-refractivity contribution in [1.29, 1.82) is 0 Å². The number of carbonyl (C=O) groups is 1. The molecule has 1 aliphatic rings. The number of amides is 1. The first-order chi connectivity index (χ1) is 18.2. The van der Waals surface area contributed by atoms with E-state index in [4.69, 9.17) is 0 Å². The Morgan fingerprint density at radius 3 is 2.45 bits per heavy atom. The number of aromatic nitrogens is 1. The molecule has 0 spiro atoms. The van der Waals surface area contributed by atoms with Gasteiger partial charge in [-0.25, -0.2) is 0 Å². The molecule has 3 aromatic carbocycles. The van der Waals surface area contributed by atoms with E-state index in [1.807, 2.05) is 42.5 Å². The van der Waals surface area contributed by atoms with Crippen molar-refractivity contribution in [2.75, 3.05) is 17.8 Å². The molecular formula is C28H24F3N3O3S. The first-order valence-electron chi connectivity index (χ1n) is 11.9. The number of piperidine rings is 1. The Morgan fingerprint density at radius 2 is 1.71 bits per heavy atom. The SMILES string of the molecule is O=C(c1ccc(NSc2cccc3cccnc23)cc1)N1CCC(O)(c2cccc(OC(F)(F)F)c2)CC1. The Hall–Kier alpha value is -3.76. The maximum Gasteiger partial charge on any atom is 0.573 e. The van der Waals surface area contributed by atoms with Gasteiger partial charge in [-0.15, -0.1) is 13.2 Å². The Balaban J connectivity index is 1.19. The van der Waals surface area contributed by atoms with Crippen LogP contribution >= 0.6 is 11.9 Å². The standard InChI is InChI=1S/C28H24F3N3O3S/c29-28(30,31)37-23-7-2-6-21(18-23)27(36)13-16-34(17-14-27)26(35)20-9-11-22(12-10-20)33-38-24-8-1-4-19-5-3-15-32-25(19)24/h1-12,15,18,33,36H,13-14,16-17H2. The Kier molecular flexibility index (Phi) is 7.18. The molecule has 1 aromatic heterocycles. The zero-order valence-corrected chi connectivity index (χ0v) is 20.9. The van der Waals surface area contributed by atoms with E-state index in [-0.39, 0.29) is 37.6 Å². The van der Waals surface area contributed by atoms with E-state index in [0.29, 0.717) is 11.1 Å². The van der Waals surface area contributed by atoms with Crippen LogP contribution in [0.25, 0.3) is 10.9 Å². The molecule has 2 heterocycles. The van der Waals surface area contributed by atoms with E-state index < -0.39 is 12.0 Å². The number of likely N-dealkylation sites (tertiary alicyclic amines) is 1. The zero-order chi connectivity index (χ0) is 26.8. The van der Waals surface area contributed by atoms with Crippen LogP contribution in [0.1, 0.15) is 28.8 Å². The second-order valence-corrected chi connectivity index (χ2v) is 9.86. The summed E-state index contributed by atoms with van der Waals surface area (Å²) in [5.74, 6) is -0.552. The molecule has 4 aromatic rings. The molecule has 10 heteroatoms. The van der Waals surface area contributed by atoms with Crippen LogP contribution in [0.4, 0.5) is 18.9 Å². The molecule has 1 aliphatic heterocycles. The molecule has 0 atom stereocenters. The minimum Gasteiger partial charge on any atom is -0.406 e. The van der Waals surface area contributed by atoms with Crippen molar-refractivity contribution in [1.82, 2.24) is 9.88 Å². The fourth-order valence-corrected chi connectivity index (χ4v) is 5.26. The van der Waals surface area contributed by atoms with Crippen LogP contribution in [0.2, 0.25) is 0 Å². The van der Waals surface area contributed by atoms with Gasteiger partial charge in [0, 0.05) is 35.9 Å². The lowest BCUT2D eigenvalue weighted by Gasteiger charge is -2.38. The number of ether oxygens (including phenoxy) is 1. The van der Waals surface area contributed by atoms with Gasteiger partial charge in [-0.05, 0) is 78.9 Å². The van der Waals surface area contributed by atoms with Gasteiger partial charge in [0.15, 0.2) is 0 Å². The molecule has 1 saturated heterocycles. The number of benzene rings is 3. The quantitative estimate of drug-likeness (QED) is 0.277. The molecule has 1 fully saturated rings. The number of hydrogen-bond acceptors (Lipinski definition) is 6. The summed E-state index contributed by atoms with van der Waals surface area (Å²) in [6, 6.07) is 22.4. The van der Waals surface area contributed by atoms with Crippen LogP contribution in [0.3, 0.4) is 0 Å². The minimum absolute atomic E-state index is 0.168. The number of aliphatic hydroxyl groups is 1. The number of alkyl halides is 3. The summed E-state index contributed by atoms with van der Waals surface area (Å²) in [5.41, 5.74) is 1.24. The molecule has 0 bridgehead atoms. The summed E-state index contributed by atoms with van der Waals surface area (Å²) >= 11 is 1.44. The van der Waals surface area contributed by atoms with Gasteiger partial charge in [0.1, 0.15) is 5.75 Å². The highest BCUT2D eigenvalue weighted by atomic mass is 32.2. The highest BCUT2D eigenvalue weighted by Crippen LogP contribution is 2.36. The van der Waals surface area contributed by atoms with Crippen LogP contribution in [0.5, 0.6) is 5.75 Å². The lowest BCUT2D eigenvalue weighted by atomic mass is 9.84. The number of anilines is 1. The normalized spacial score (nSPS) is 15.3. The number of nitrogens with zero attached hydrogens (tertiary/aromatic N) is 2. The van der Waals surface area contributed by atoms with E-state index in [9.17, 15) is 23.1 Å². The summed E-state index contributed by atoms with van der Waals surface area (Å²) < 4.78 is 45.0. The smallest absolute Gasteiger partial charge is 0.406 e. The summed E-state index contributed by atoms with van der Waals surface area (Å²) in [5, 5.41) is 12.2. The zero-order valence-electron chi connectivity index (χ0n) is 20.1. The average Bonchev–Trinajstić information content (AvgIpc) is 2.91. The number of carbonyl (C=O) groups excluding carboxylic acids is 1. The Bertz CT molecular complexity index is 1430. The molecular weight excluding hydrogens is 515 g/mol. The van der Waals surface area contributed by atoms with E-state index in [0.717, 1.165) is 21.5 Å². The first kappa shape index (κ1) is 25.9. The van der Waals surface area contributed by atoms with Crippen molar-refractivity contribution in [2.45, 2.75) is 29.7 Å². The van der Waals surface area contributed by atoms with Gasteiger partial charge in [-0.2, -0.15) is 0 Å². The van der Waals surface area contributed by atoms with E-state index in [2.05, 4.69) is 14.4 Å². The van der Waals surface area contributed by atoms with Gasteiger partial charge in [0.2, 0.25) is 0 Å². The third-order valence-electron chi connectivity index (χ3n) is 6.49. The van der Waals surface area contributed by atoms with Crippen molar-refractivity contribution < 1.29 is 27.8 Å². The van der Waals surface area contributed by atoms with Crippen molar-refractivity contribution in [3.05, 3.63) is 96.2 Å². The van der Waals surface area contributed by atoms with Crippen LogP contribution < -0.4 is 9.46 Å². The third kappa shape index (κ3) is 5.87. The highest BCUT2D eigenvalue weighted by Gasteiger charge is 2.37. The van der Waals surface area contributed by atoms with Gasteiger partial charge >= 0.3 is 6.36 Å². The predicted octanol–water partition coefficient (Wildman–Crippen LogP) is 6.38. The lowest BCUT2D eigenvalue weighted by molar-refractivity contribution is -0.274. The van der Waals surface area contributed by atoms with Gasteiger partial charge < -0.3 is 19.5 Å². The highest BCUT2D eigenvalue weighted by molar-refractivity contribution is 8.00. The second-order valence-electron chi connectivity index (χ2n) is 9.01. The average molecular weight is 540 g/mol. The van der Waals surface area contributed by atoms with Gasteiger partial charge in [-0.3, -0.25) is 9.78 Å². The van der Waals surface area contributed by atoms with E-state index in [1.165, 1.54) is 30.1 Å². The fraction of sp³-hybridized carbons (Fsp3) is 0.214. The molecule has 38 heavy (non-hydrogen) atoms. The van der Waals surface area contributed by atoms with Crippen molar-refractivity contribution in [2.24, 2.45) is 0 Å². The van der Waals surface area contributed by atoms with Crippen molar-refractivity contribution in [3.63, 3.8) is 0 Å². The number of nitrogens with one attached hydrogen (secondary N) is 1. The Morgan fingerprint density at radius 1 is 1.00 bits per heavy atom. The van der Waals surface area contributed by atoms with Gasteiger partial charge in [0.05, 0.1) is 16.0 Å². The van der Waals surface area contributed by atoms with E-state index >= 15 is 0 Å². The summed E-state index contributed by atoms with van der Waals surface area (Å²) in [6.07, 6.45) is -2.66. The monoisotopic (exact) mass is 539 g/mol. The topological polar surface area (TPSA) is 74.7 Å².